The molecule has 0 radical (unpaired) electrons. The van der Waals surface area contributed by atoms with Gasteiger partial charge in [0.2, 0.25) is 0 Å². The van der Waals surface area contributed by atoms with Crippen molar-refractivity contribution >= 4 is 17.1 Å². The maximum absolute atomic E-state index is 9.92. The third-order valence-electron chi connectivity index (χ3n) is 5.10. The summed E-state index contributed by atoms with van der Waals surface area (Å²) in [6, 6.07) is 23.7. The number of anilines is 3. The van der Waals surface area contributed by atoms with Crippen LogP contribution in [0.2, 0.25) is 0 Å². The van der Waals surface area contributed by atoms with Gasteiger partial charge in [-0.15, -0.1) is 0 Å². The van der Waals surface area contributed by atoms with Gasteiger partial charge in [0.15, 0.2) is 12.6 Å². The third-order valence-corrected chi connectivity index (χ3v) is 5.10. The molecule has 32 heavy (non-hydrogen) atoms. The fourth-order valence-corrected chi connectivity index (χ4v) is 3.41. The highest BCUT2D eigenvalue weighted by Gasteiger charge is 2.14. The second kappa shape index (κ2) is 11.6. The molecule has 5 nitrogen and oxygen atoms in total. The number of nitrogens with zero attached hydrogens (tertiary/aromatic N) is 1. The van der Waals surface area contributed by atoms with Gasteiger partial charge >= 0.3 is 0 Å². The molecule has 2 N–H and O–H groups in total. The lowest BCUT2D eigenvalue weighted by molar-refractivity contribution is -0.0237. The van der Waals surface area contributed by atoms with E-state index >= 15 is 0 Å². The van der Waals surface area contributed by atoms with E-state index in [0.717, 1.165) is 29.9 Å². The minimum Gasteiger partial charge on any atom is -0.465 e. The molecule has 0 heterocycles. The topological polar surface area (TPSA) is 62.2 Å². The minimum atomic E-state index is -0.797. The summed E-state index contributed by atoms with van der Waals surface area (Å²) in [5.41, 5.74) is 4.14. The van der Waals surface area contributed by atoms with Gasteiger partial charge in [0.05, 0.1) is 0 Å². The van der Waals surface area contributed by atoms with Crippen LogP contribution in [0.25, 0.3) is 0 Å². The molecule has 0 aliphatic carbocycles. The molecule has 2 unspecified atom stereocenters. The molecule has 170 valence electrons. The van der Waals surface area contributed by atoms with Gasteiger partial charge in [0, 0.05) is 29.9 Å². The standard InChI is InChI=1S/C27H33NO4/c1-4-6-26(29)31-24-16-12-22(13-17-24)28(21-10-8-20(3)9-11-21)23-14-18-25(19-15-23)32-27(30)7-5-2/h8-19,26-27,29-30H,4-7H2,1-3H3. The van der Waals surface area contributed by atoms with Crippen LogP contribution in [0.1, 0.15) is 45.1 Å². The van der Waals surface area contributed by atoms with Crippen LogP contribution >= 0.6 is 0 Å². The molecule has 3 rings (SSSR count). The Kier molecular flexibility index (Phi) is 8.54. The molecule has 5 heteroatoms. The van der Waals surface area contributed by atoms with E-state index in [1.54, 1.807) is 0 Å². The first-order chi connectivity index (χ1) is 15.5. The highest BCUT2D eigenvalue weighted by atomic mass is 16.6. The number of hydrogen-bond acceptors (Lipinski definition) is 5. The number of benzene rings is 3. The second-order valence-electron chi connectivity index (χ2n) is 7.88. The summed E-state index contributed by atoms with van der Waals surface area (Å²) in [7, 11) is 0. The quantitative estimate of drug-likeness (QED) is 0.339. The van der Waals surface area contributed by atoms with Crippen LogP contribution in [0.4, 0.5) is 17.1 Å². The molecule has 0 fully saturated rings. The molecule has 0 saturated heterocycles. The fraction of sp³-hybridized carbons (Fsp3) is 0.333. The second-order valence-corrected chi connectivity index (χ2v) is 7.88. The van der Waals surface area contributed by atoms with Crippen molar-refractivity contribution in [2.24, 2.45) is 0 Å². The van der Waals surface area contributed by atoms with Gasteiger partial charge in [0.25, 0.3) is 0 Å². The monoisotopic (exact) mass is 435 g/mol. The lowest BCUT2D eigenvalue weighted by Gasteiger charge is -2.26. The molecule has 2 atom stereocenters. The van der Waals surface area contributed by atoms with Gasteiger partial charge in [-0.2, -0.15) is 0 Å². The smallest absolute Gasteiger partial charge is 0.197 e. The molecule has 0 aromatic heterocycles. The predicted octanol–water partition coefficient (Wildman–Crippen LogP) is 6.46. The Morgan fingerprint density at radius 3 is 1.31 bits per heavy atom. The first-order valence-corrected chi connectivity index (χ1v) is 11.3. The molecule has 0 aliphatic rings. The molecular weight excluding hydrogens is 402 g/mol. The molecule has 0 bridgehead atoms. The molecule has 3 aromatic rings. The predicted molar refractivity (Wildman–Crippen MR) is 129 cm³/mol. The zero-order chi connectivity index (χ0) is 22.9. The average Bonchev–Trinajstić information content (AvgIpc) is 2.78. The number of aliphatic hydroxyl groups excluding tert-OH is 2. The first kappa shape index (κ1) is 23.6. The number of aliphatic hydroxyl groups is 2. The minimum absolute atomic E-state index is 0.596. The summed E-state index contributed by atoms with van der Waals surface area (Å²) in [5, 5.41) is 19.8. The summed E-state index contributed by atoms with van der Waals surface area (Å²) in [5.74, 6) is 1.26. The van der Waals surface area contributed by atoms with E-state index in [9.17, 15) is 10.2 Å². The summed E-state index contributed by atoms with van der Waals surface area (Å²) in [4.78, 5) is 2.14. The van der Waals surface area contributed by atoms with Gasteiger partial charge in [-0.3, -0.25) is 0 Å². The van der Waals surface area contributed by atoms with Gasteiger partial charge in [-0.1, -0.05) is 44.4 Å². The van der Waals surface area contributed by atoms with Crippen molar-refractivity contribution in [2.45, 2.75) is 59.0 Å². The Morgan fingerprint density at radius 1 is 0.625 bits per heavy atom. The van der Waals surface area contributed by atoms with Crippen LogP contribution in [0.15, 0.2) is 72.8 Å². The van der Waals surface area contributed by atoms with E-state index in [0.29, 0.717) is 24.3 Å². The highest BCUT2D eigenvalue weighted by molar-refractivity contribution is 5.77. The fourth-order valence-electron chi connectivity index (χ4n) is 3.41. The zero-order valence-electron chi connectivity index (χ0n) is 19.1. The highest BCUT2D eigenvalue weighted by Crippen LogP contribution is 2.36. The van der Waals surface area contributed by atoms with Crippen molar-refractivity contribution in [3.05, 3.63) is 78.4 Å². The normalized spacial score (nSPS) is 12.8. The Bertz CT molecular complexity index is 881. The van der Waals surface area contributed by atoms with Gasteiger partial charge in [-0.05, 0) is 67.6 Å². The van der Waals surface area contributed by atoms with Crippen molar-refractivity contribution < 1.29 is 19.7 Å². The van der Waals surface area contributed by atoms with E-state index in [2.05, 4.69) is 36.1 Å². The summed E-state index contributed by atoms with van der Waals surface area (Å²) in [6.45, 7) is 6.08. The third kappa shape index (κ3) is 6.49. The number of rotatable bonds is 11. The van der Waals surface area contributed by atoms with Crippen molar-refractivity contribution in [3.63, 3.8) is 0 Å². The lowest BCUT2D eigenvalue weighted by Crippen LogP contribution is -2.15. The van der Waals surface area contributed by atoms with Crippen molar-refractivity contribution in [3.8, 4) is 11.5 Å². The Morgan fingerprint density at radius 2 is 0.969 bits per heavy atom. The van der Waals surface area contributed by atoms with Crippen LogP contribution in [-0.2, 0) is 0 Å². The lowest BCUT2D eigenvalue weighted by atomic mass is 10.1. The number of aryl methyl sites for hydroxylation is 1. The van der Waals surface area contributed by atoms with Crippen molar-refractivity contribution in [1.82, 2.24) is 0 Å². The van der Waals surface area contributed by atoms with Gasteiger partial charge in [-0.25, -0.2) is 0 Å². The van der Waals surface area contributed by atoms with Crippen LogP contribution in [0.5, 0.6) is 11.5 Å². The summed E-state index contributed by atoms with van der Waals surface area (Å²) in [6.07, 6.45) is 1.31. The van der Waals surface area contributed by atoms with Crippen LogP contribution < -0.4 is 14.4 Å². The summed E-state index contributed by atoms with van der Waals surface area (Å²) < 4.78 is 11.2. The van der Waals surface area contributed by atoms with Gasteiger partial charge < -0.3 is 24.6 Å². The molecule has 0 aliphatic heterocycles. The summed E-state index contributed by atoms with van der Waals surface area (Å²) >= 11 is 0. The van der Waals surface area contributed by atoms with Crippen LogP contribution in [0, 0.1) is 6.92 Å². The van der Waals surface area contributed by atoms with E-state index in [1.165, 1.54) is 5.56 Å². The van der Waals surface area contributed by atoms with E-state index in [1.807, 2.05) is 62.4 Å². The molecule has 3 aromatic carbocycles. The van der Waals surface area contributed by atoms with Crippen molar-refractivity contribution in [2.75, 3.05) is 4.90 Å². The Hall–Kier alpha value is -3.02. The van der Waals surface area contributed by atoms with Gasteiger partial charge in [0.1, 0.15) is 11.5 Å². The van der Waals surface area contributed by atoms with E-state index in [-0.39, 0.29) is 0 Å². The molecule has 0 amide bonds. The van der Waals surface area contributed by atoms with E-state index in [4.69, 9.17) is 9.47 Å². The largest absolute Gasteiger partial charge is 0.465 e. The molecule has 0 saturated carbocycles. The maximum atomic E-state index is 9.92. The van der Waals surface area contributed by atoms with Crippen LogP contribution in [0.3, 0.4) is 0 Å². The zero-order valence-corrected chi connectivity index (χ0v) is 19.1. The average molecular weight is 436 g/mol. The van der Waals surface area contributed by atoms with Crippen molar-refractivity contribution in [1.29, 1.82) is 0 Å². The Balaban J connectivity index is 1.87. The van der Waals surface area contributed by atoms with E-state index < -0.39 is 12.6 Å². The SMILES string of the molecule is CCCC(O)Oc1ccc(N(c2ccc(C)cc2)c2ccc(OC(O)CCC)cc2)cc1. The first-order valence-electron chi connectivity index (χ1n) is 11.3. The Labute approximate surface area is 190 Å². The number of ether oxygens (including phenoxy) is 2. The maximum Gasteiger partial charge on any atom is 0.197 e. The molecule has 0 spiro atoms. The number of hydrogen-bond donors (Lipinski definition) is 2. The molecular formula is C27H33NO4. The van der Waals surface area contributed by atoms with Crippen LogP contribution in [-0.4, -0.2) is 22.8 Å².